The van der Waals surface area contributed by atoms with Crippen molar-refractivity contribution in [2.24, 2.45) is 5.73 Å². The van der Waals surface area contributed by atoms with E-state index in [0.29, 0.717) is 17.9 Å². The van der Waals surface area contributed by atoms with E-state index in [1.807, 2.05) is 6.92 Å². The van der Waals surface area contributed by atoms with Crippen molar-refractivity contribution in [1.82, 2.24) is 10.6 Å². The number of benzene rings is 1. The van der Waals surface area contributed by atoms with Gasteiger partial charge in [0.25, 0.3) is 5.91 Å². The van der Waals surface area contributed by atoms with E-state index in [1.165, 1.54) is 0 Å². The standard InChI is InChI=1S/C14H17N3O3/c1-2-16-14(19)17-9-5-6-10-20-12-8-4-3-7-11(12)13(15)18/h3-4,7-8H,2,9-10H2,1H3,(H2,15,18)(H2,16,17,19). The molecule has 0 bridgehead atoms. The Morgan fingerprint density at radius 1 is 1.25 bits per heavy atom. The fourth-order valence-corrected chi connectivity index (χ4v) is 1.37. The zero-order valence-electron chi connectivity index (χ0n) is 11.2. The molecule has 0 aliphatic heterocycles. The van der Waals surface area contributed by atoms with Crippen LogP contribution in [0.1, 0.15) is 17.3 Å². The first-order valence-electron chi connectivity index (χ1n) is 6.14. The molecule has 1 aromatic carbocycles. The van der Waals surface area contributed by atoms with Gasteiger partial charge < -0.3 is 21.1 Å². The van der Waals surface area contributed by atoms with Crippen LogP contribution in [0.15, 0.2) is 24.3 Å². The number of nitrogens with one attached hydrogen (secondary N) is 2. The van der Waals surface area contributed by atoms with Crippen LogP contribution in [0.5, 0.6) is 5.75 Å². The summed E-state index contributed by atoms with van der Waals surface area (Å²) in [4.78, 5) is 22.2. The second-order valence-corrected chi connectivity index (χ2v) is 3.72. The number of urea groups is 1. The minimum atomic E-state index is -0.550. The summed E-state index contributed by atoms with van der Waals surface area (Å²) in [6.07, 6.45) is 0. The minimum Gasteiger partial charge on any atom is -0.480 e. The predicted molar refractivity (Wildman–Crippen MR) is 75.3 cm³/mol. The molecule has 0 saturated carbocycles. The summed E-state index contributed by atoms with van der Waals surface area (Å²) >= 11 is 0. The molecule has 6 nitrogen and oxygen atoms in total. The molecule has 4 N–H and O–H groups in total. The van der Waals surface area contributed by atoms with Gasteiger partial charge >= 0.3 is 6.03 Å². The van der Waals surface area contributed by atoms with Gasteiger partial charge in [-0.05, 0) is 19.1 Å². The number of amides is 3. The summed E-state index contributed by atoms with van der Waals surface area (Å²) in [6, 6.07) is 6.42. The summed E-state index contributed by atoms with van der Waals surface area (Å²) in [5.74, 6) is 5.31. The van der Waals surface area contributed by atoms with Crippen LogP contribution in [0, 0.1) is 11.8 Å². The highest BCUT2D eigenvalue weighted by Gasteiger charge is 2.06. The number of nitrogens with two attached hydrogens (primary N) is 1. The van der Waals surface area contributed by atoms with Gasteiger partial charge in [-0.25, -0.2) is 4.79 Å². The Kier molecular flexibility index (Phi) is 6.48. The van der Waals surface area contributed by atoms with Crippen LogP contribution >= 0.6 is 0 Å². The Bertz CT molecular complexity index is 532. The molecule has 0 unspecified atom stereocenters. The molecule has 0 aliphatic rings. The van der Waals surface area contributed by atoms with E-state index in [4.69, 9.17) is 10.5 Å². The Morgan fingerprint density at radius 2 is 2.00 bits per heavy atom. The fraction of sp³-hybridized carbons (Fsp3) is 0.286. The van der Waals surface area contributed by atoms with Crippen LogP contribution in [0.3, 0.4) is 0 Å². The third-order valence-corrected chi connectivity index (χ3v) is 2.25. The molecule has 0 fully saturated rings. The summed E-state index contributed by atoms with van der Waals surface area (Å²) in [5, 5.41) is 5.14. The number of rotatable bonds is 5. The quantitative estimate of drug-likeness (QED) is 0.682. The first kappa shape index (κ1) is 15.4. The molecule has 106 valence electrons. The number of carbonyl (C=O) groups excluding carboxylic acids is 2. The molecule has 0 atom stereocenters. The van der Waals surface area contributed by atoms with Crippen molar-refractivity contribution < 1.29 is 14.3 Å². The maximum absolute atomic E-state index is 11.1. The molecule has 0 aromatic heterocycles. The van der Waals surface area contributed by atoms with E-state index in [1.54, 1.807) is 24.3 Å². The molecule has 0 saturated heterocycles. The third kappa shape index (κ3) is 5.31. The van der Waals surface area contributed by atoms with E-state index in [-0.39, 0.29) is 19.2 Å². The molecule has 0 spiro atoms. The second-order valence-electron chi connectivity index (χ2n) is 3.72. The van der Waals surface area contributed by atoms with Crippen LogP contribution in [0.25, 0.3) is 0 Å². The summed E-state index contributed by atoms with van der Waals surface area (Å²) in [7, 11) is 0. The van der Waals surface area contributed by atoms with Gasteiger partial charge in [-0.1, -0.05) is 24.0 Å². The molecule has 0 radical (unpaired) electrons. The Morgan fingerprint density at radius 3 is 2.70 bits per heavy atom. The van der Waals surface area contributed by atoms with Crippen molar-refractivity contribution in [3.8, 4) is 17.6 Å². The second kappa shape index (κ2) is 8.43. The first-order chi connectivity index (χ1) is 9.65. The molecule has 1 rings (SSSR count). The van der Waals surface area contributed by atoms with Gasteiger partial charge in [-0.2, -0.15) is 0 Å². The van der Waals surface area contributed by atoms with Gasteiger partial charge in [0.2, 0.25) is 0 Å². The normalized spacial score (nSPS) is 9.05. The van der Waals surface area contributed by atoms with Gasteiger partial charge in [0, 0.05) is 6.54 Å². The van der Waals surface area contributed by atoms with Gasteiger partial charge in [0.1, 0.15) is 12.4 Å². The van der Waals surface area contributed by atoms with E-state index < -0.39 is 5.91 Å². The Hall–Kier alpha value is -2.68. The van der Waals surface area contributed by atoms with Crippen LogP contribution in [0.2, 0.25) is 0 Å². The largest absolute Gasteiger partial charge is 0.480 e. The van der Waals surface area contributed by atoms with Crippen molar-refractivity contribution in [2.45, 2.75) is 6.92 Å². The number of hydrogen-bond donors (Lipinski definition) is 3. The Balaban J connectivity index is 2.38. The average Bonchev–Trinajstić information content (AvgIpc) is 2.43. The number of ether oxygens (including phenoxy) is 1. The lowest BCUT2D eigenvalue weighted by atomic mass is 10.2. The molecular formula is C14H17N3O3. The summed E-state index contributed by atoms with van der Waals surface area (Å²) in [5.41, 5.74) is 5.53. The van der Waals surface area contributed by atoms with Crippen LogP contribution in [0.4, 0.5) is 4.79 Å². The van der Waals surface area contributed by atoms with Crippen LogP contribution in [-0.4, -0.2) is 31.6 Å². The van der Waals surface area contributed by atoms with E-state index >= 15 is 0 Å². The maximum Gasteiger partial charge on any atom is 0.315 e. The lowest BCUT2D eigenvalue weighted by molar-refractivity contribution is 0.0997. The highest BCUT2D eigenvalue weighted by atomic mass is 16.5. The molecule has 0 aliphatic carbocycles. The van der Waals surface area contributed by atoms with Gasteiger partial charge in [-0.3, -0.25) is 4.79 Å². The SMILES string of the molecule is CCNC(=O)NCC#CCOc1ccccc1C(N)=O. The van der Waals surface area contributed by atoms with Gasteiger partial charge in [0.15, 0.2) is 0 Å². The zero-order valence-corrected chi connectivity index (χ0v) is 11.2. The molecular weight excluding hydrogens is 258 g/mol. The van der Waals surface area contributed by atoms with E-state index in [9.17, 15) is 9.59 Å². The van der Waals surface area contributed by atoms with Crippen molar-refractivity contribution in [2.75, 3.05) is 19.7 Å². The van der Waals surface area contributed by atoms with Crippen molar-refractivity contribution in [1.29, 1.82) is 0 Å². The van der Waals surface area contributed by atoms with Crippen LogP contribution in [-0.2, 0) is 0 Å². The minimum absolute atomic E-state index is 0.112. The number of para-hydroxylation sites is 1. The molecule has 6 heteroatoms. The number of hydrogen-bond acceptors (Lipinski definition) is 3. The maximum atomic E-state index is 11.1. The van der Waals surface area contributed by atoms with E-state index in [2.05, 4.69) is 22.5 Å². The van der Waals surface area contributed by atoms with Crippen LogP contribution < -0.4 is 21.1 Å². The number of carbonyl (C=O) groups is 2. The monoisotopic (exact) mass is 275 g/mol. The van der Waals surface area contributed by atoms with Crippen molar-refractivity contribution >= 4 is 11.9 Å². The zero-order chi connectivity index (χ0) is 14.8. The molecule has 0 heterocycles. The molecule has 1 aromatic rings. The predicted octanol–water partition coefficient (Wildman–Crippen LogP) is 0.487. The van der Waals surface area contributed by atoms with Gasteiger partial charge in [0.05, 0.1) is 12.1 Å². The summed E-state index contributed by atoms with van der Waals surface area (Å²) < 4.78 is 5.35. The molecule has 3 amide bonds. The molecule has 20 heavy (non-hydrogen) atoms. The topological polar surface area (TPSA) is 93.4 Å². The Labute approximate surface area is 117 Å². The smallest absolute Gasteiger partial charge is 0.315 e. The van der Waals surface area contributed by atoms with Crippen molar-refractivity contribution in [3.05, 3.63) is 29.8 Å². The third-order valence-electron chi connectivity index (χ3n) is 2.25. The highest BCUT2D eigenvalue weighted by Crippen LogP contribution is 2.16. The first-order valence-corrected chi connectivity index (χ1v) is 6.14. The lowest BCUT2D eigenvalue weighted by Crippen LogP contribution is -2.35. The lowest BCUT2D eigenvalue weighted by Gasteiger charge is -2.05. The fourth-order valence-electron chi connectivity index (χ4n) is 1.37. The average molecular weight is 275 g/mol. The van der Waals surface area contributed by atoms with E-state index in [0.717, 1.165) is 0 Å². The number of primary amides is 1. The summed E-state index contributed by atoms with van der Waals surface area (Å²) in [6.45, 7) is 2.73. The highest BCUT2D eigenvalue weighted by molar-refractivity contribution is 5.95. The van der Waals surface area contributed by atoms with Gasteiger partial charge in [-0.15, -0.1) is 0 Å². The van der Waals surface area contributed by atoms with Crippen molar-refractivity contribution in [3.63, 3.8) is 0 Å².